The summed E-state index contributed by atoms with van der Waals surface area (Å²) >= 11 is 0. The summed E-state index contributed by atoms with van der Waals surface area (Å²) in [5.41, 5.74) is 1.92. The first-order valence-corrected chi connectivity index (χ1v) is 11.0. The Bertz CT molecular complexity index is 1310. The van der Waals surface area contributed by atoms with Gasteiger partial charge in [0.25, 0.3) is 0 Å². The molecule has 4 N–H and O–H groups in total. The van der Waals surface area contributed by atoms with Crippen LogP contribution < -0.4 is 10.6 Å². The summed E-state index contributed by atoms with van der Waals surface area (Å²) in [5.74, 6) is 0.174. The zero-order chi connectivity index (χ0) is 23.7. The maximum Gasteiger partial charge on any atom is 0.419 e. The lowest BCUT2D eigenvalue weighted by Gasteiger charge is -2.24. The van der Waals surface area contributed by atoms with Gasteiger partial charge < -0.3 is 20.7 Å². The Labute approximate surface area is 193 Å². The molecule has 4 aromatic rings. The maximum atomic E-state index is 13.8. The van der Waals surface area contributed by atoms with E-state index < -0.39 is 11.7 Å². The second-order valence-corrected chi connectivity index (χ2v) is 8.28. The van der Waals surface area contributed by atoms with Crippen molar-refractivity contribution >= 4 is 16.9 Å². The first kappa shape index (κ1) is 22.3. The van der Waals surface area contributed by atoms with E-state index in [9.17, 15) is 18.3 Å². The van der Waals surface area contributed by atoms with Crippen LogP contribution in [-0.2, 0) is 12.8 Å². The number of aromatic nitrogens is 4. The molecule has 7 nitrogen and oxygen atoms in total. The largest absolute Gasteiger partial charge is 0.419 e. The lowest BCUT2D eigenvalue weighted by atomic mass is 10.0. The number of nitrogens with zero attached hydrogens (tertiary/aromatic N) is 3. The number of benzene rings is 1. The van der Waals surface area contributed by atoms with Crippen LogP contribution in [0.3, 0.4) is 0 Å². The fourth-order valence-corrected chi connectivity index (χ4v) is 4.23. The van der Waals surface area contributed by atoms with E-state index in [2.05, 4.69) is 30.6 Å². The highest BCUT2D eigenvalue weighted by atomic mass is 19.4. The van der Waals surface area contributed by atoms with Crippen molar-refractivity contribution in [1.29, 1.82) is 0 Å². The summed E-state index contributed by atoms with van der Waals surface area (Å²) in [5, 5.41) is 16.4. The van der Waals surface area contributed by atoms with Crippen LogP contribution in [-0.4, -0.2) is 44.2 Å². The standard InChI is InChI=1S/C24H23F3N6O/c25-24(26,27)19-12-30-23(32-15-4-2-8-28-10-15)33-22(19)18-11-29-21-9-14(6-7-17(18)21)20-5-1-3-16(13-34)31-20/h1,3,5-7,9,11-12,15,28-29,34H,2,4,8,10,13H2,(H,30,32,33)/t15-/m0/s1. The van der Waals surface area contributed by atoms with Gasteiger partial charge in [-0.3, -0.25) is 4.98 Å². The number of nitrogens with one attached hydrogen (secondary N) is 3. The molecule has 5 rings (SSSR count). The molecule has 1 atom stereocenters. The van der Waals surface area contributed by atoms with Crippen LogP contribution in [0.25, 0.3) is 33.4 Å². The molecule has 0 saturated carbocycles. The molecule has 34 heavy (non-hydrogen) atoms. The predicted octanol–water partition coefficient (Wildman–Crippen LogP) is 4.36. The number of piperidine rings is 1. The monoisotopic (exact) mass is 468 g/mol. The lowest BCUT2D eigenvalue weighted by molar-refractivity contribution is -0.137. The molecule has 0 bridgehead atoms. The molecule has 1 fully saturated rings. The Balaban J connectivity index is 1.55. The number of halogens is 3. The van der Waals surface area contributed by atoms with Crippen molar-refractivity contribution in [3.63, 3.8) is 0 Å². The summed E-state index contributed by atoms with van der Waals surface area (Å²) < 4.78 is 41.5. The van der Waals surface area contributed by atoms with Gasteiger partial charge in [-0.2, -0.15) is 13.2 Å². The minimum absolute atomic E-state index is 0.0612. The minimum atomic E-state index is -4.60. The number of alkyl halides is 3. The van der Waals surface area contributed by atoms with Gasteiger partial charge in [0, 0.05) is 47.0 Å². The molecular weight excluding hydrogens is 445 g/mol. The van der Waals surface area contributed by atoms with Crippen LogP contribution in [0.2, 0.25) is 0 Å². The van der Waals surface area contributed by atoms with Crippen molar-refractivity contribution in [2.75, 3.05) is 18.4 Å². The summed E-state index contributed by atoms with van der Waals surface area (Å²) in [6.07, 6.45) is -0.341. The molecule has 4 heterocycles. The van der Waals surface area contributed by atoms with Crippen molar-refractivity contribution in [3.8, 4) is 22.5 Å². The van der Waals surface area contributed by atoms with E-state index in [1.807, 2.05) is 12.1 Å². The van der Waals surface area contributed by atoms with Gasteiger partial charge >= 0.3 is 6.18 Å². The van der Waals surface area contributed by atoms with Crippen LogP contribution in [0, 0.1) is 0 Å². The van der Waals surface area contributed by atoms with Crippen molar-refractivity contribution in [3.05, 3.63) is 60.0 Å². The molecule has 0 amide bonds. The van der Waals surface area contributed by atoms with Crippen molar-refractivity contribution < 1.29 is 18.3 Å². The summed E-state index contributed by atoms with van der Waals surface area (Å²) in [4.78, 5) is 15.7. The highest BCUT2D eigenvalue weighted by Crippen LogP contribution is 2.39. The Morgan fingerprint density at radius 3 is 2.79 bits per heavy atom. The third kappa shape index (κ3) is 4.46. The van der Waals surface area contributed by atoms with Crippen LogP contribution in [0.15, 0.2) is 48.8 Å². The van der Waals surface area contributed by atoms with Crippen LogP contribution in [0.5, 0.6) is 0 Å². The van der Waals surface area contributed by atoms with E-state index in [4.69, 9.17) is 0 Å². The molecular formula is C24H23F3N6O. The number of aromatic amines is 1. The molecule has 1 saturated heterocycles. The average molecular weight is 468 g/mol. The van der Waals surface area contributed by atoms with Gasteiger partial charge in [0.1, 0.15) is 5.56 Å². The number of aliphatic hydroxyl groups excluding tert-OH is 1. The molecule has 1 aliphatic heterocycles. The van der Waals surface area contributed by atoms with E-state index in [1.54, 1.807) is 24.3 Å². The first-order chi connectivity index (χ1) is 16.4. The van der Waals surface area contributed by atoms with Gasteiger partial charge in [-0.15, -0.1) is 0 Å². The SMILES string of the molecule is OCc1cccc(-c2ccc3c(-c4nc(N[C@H]5CCCNC5)ncc4C(F)(F)F)c[nH]c3c2)n1. The smallest absolute Gasteiger partial charge is 0.390 e. The van der Waals surface area contributed by atoms with Gasteiger partial charge in [0.2, 0.25) is 5.95 Å². The van der Waals surface area contributed by atoms with Crippen LogP contribution in [0.4, 0.5) is 19.1 Å². The van der Waals surface area contributed by atoms with E-state index in [0.29, 0.717) is 34.4 Å². The number of H-pyrrole nitrogens is 1. The van der Waals surface area contributed by atoms with Gasteiger partial charge in [0.15, 0.2) is 0 Å². The first-order valence-electron chi connectivity index (χ1n) is 11.0. The zero-order valence-corrected chi connectivity index (χ0v) is 18.2. The Hall–Kier alpha value is -3.50. The Kier molecular flexibility index (Phi) is 5.93. The number of rotatable bonds is 5. The maximum absolute atomic E-state index is 13.8. The van der Waals surface area contributed by atoms with Crippen LogP contribution >= 0.6 is 0 Å². The number of pyridine rings is 1. The number of aliphatic hydroxyl groups is 1. The van der Waals surface area contributed by atoms with Gasteiger partial charge in [-0.25, -0.2) is 9.97 Å². The Morgan fingerprint density at radius 2 is 2.03 bits per heavy atom. The summed E-state index contributed by atoms with van der Waals surface area (Å²) in [6.45, 7) is 1.46. The number of hydrogen-bond acceptors (Lipinski definition) is 6. The normalized spacial score (nSPS) is 16.6. The summed E-state index contributed by atoms with van der Waals surface area (Å²) in [7, 11) is 0. The average Bonchev–Trinajstić information content (AvgIpc) is 3.27. The van der Waals surface area contributed by atoms with E-state index >= 15 is 0 Å². The third-order valence-electron chi connectivity index (χ3n) is 5.93. The van der Waals surface area contributed by atoms with Crippen molar-refractivity contribution in [2.24, 2.45) is 0 Å². The number of hydrogen-bond donors (Lipinski definition) is 4. The highest BCUT2D eigenvalue weighted by Gasteiger charge is 2.36. The molecule has 1 aromatic carbocycles. The topological polar surface area (TPSA) is 98.8 Å². The molecule has 3 aromatic heterocycles. The fraction of sp³-hybridized carbons (Fsp3) is 0.292. The van der Waals surface area contributed by atoms with Crippen LogP contribution in [0.1, 0.15) is 24.1 Å². The highest BCUT2D eigenvalue weighted by molar-refractivity contribution is 5.97. The quantitative estimate of drug-likeness (QED) is 0.347. The summed E-state index contributed by atoms with van der Waals surface area (Å²) in [6, 6.07) is 10.8. The molecule has 10 heteroatoms. The van der Waals surface area contributed by atoms with Gasteiger partial charge in [-0.05, 0) is 37.6 Å². The molecule has 1 aliphatic rings. The van der Waals surface area contributed by atoms with E-state index in [0.717, 1.165) is 31.1 Å². The van der Waals surface area contributed by atoms with Gasteiger partial charge in [0.05, 0.1) is 23.7 Å². The zero-order valence-electron chi connectivity index (χ0n) is 18.2. The molecule has 0 spiro atoms. The second kappa shape index (κ2) is 9.03. The van der Waals surface area contributed by atoms with Gasteiger partial charge in [-0.1, -0.05) is 18.2 Å². The molecule has 176 valence electrons. The molecule has 0 unspecified atom stereocenters. The predicted molar refractivity (Wildman–Crippen MR) is 123 cm³/mol. The fourth-order valence-electron chi connectivity index (χ4n) is 4.23. The Morgan fingerprint density at radius 1 is 1.15 bits per heavy atom. The van der Waals surface area contributed by atoms with E-state index in [-0.39, 0.29) is 24.3 Å². The second-order valence-electron chi connectivity index (χ2n) is 8.28. The van der Waals surface area contributed by atoms with Crippen molar-refractivity contribution in [1.82, 2.24) is 25.3 Å². The number of fused-ring (bicyclic) bond motifs is 1. The molecule has 0 radical (unpaired) electrons. The lowest BCUT2D eigenvalue weighted by Crippen LogP contribution is -2.38. The third-order valence-corrected chi connectivity index (χ3v) is 5.93. The number of anilines is 1. The molecule has 0 aliphatic carbocycles. The minimum Gasteiger partial charge on any atom is -0.390 e. The van der Waals surface area contributed by atoms with Crippen molar-refractivity contribution in [2.45, 2.75) is 31.7 Å². The van der Waals surface area contributed by atoms with E-state index in [1.165, 1.54) is 6.20 Å².